The van der Waals surface area contributed by atoms with E-state index in [2.05, 4.69) is 15.2 Å². The van der Waals surface area contributed by atoms with Gasteiger partial charge in [0.05, 0.1) is 16.8 Å². The molecular formula is C31H30F2N4O4S. The van der Waals surface area contributed by atoms with Gasteiger partial charge in [0.2, 0.25) is 6.79 Å². The molecule has 0 spiro atoms. The number of rotatable bonds is 9. The lowest BCUT2D eigenvalue weighted by molar-refractivity contribution is 0.174. The van der Waals surface area contributed by atoms with E-state index in [1.165, 1.54) is 48.2 Å². The Labute approximate surface area is 243 Å². The quantitative estimate of drug-likeness (QED) is 0.239. The summed E-state index contributed by atoms with van der Waals surface area (Å²) >= 11 is 0. The summed E-state index contributed by atoms with van der Waals surface area (Å²) in [6.07, 6.45) is 5.60. The van der Waals surface area contributed by atoms with Crippen molar-refractivity contribution in [1.82, 2.24) is 19.3 Å². The van der Waals surface area contributed by atoms with Crippen molar-refractivity contribution in [2.75, 3.05) is 26.4 Å². The van der Waals surface area contributed by atoms with Crippen LogP contribution in [0.3, 0.4) is 0 Å². The Morgan fingerprint density at radius 3 is 2.14 bits per heavy atom. The summed E-state index contributed by atoms with van der Waals surface area (Å²) in [5, 5.41) is 7.93. The highest BCUT2D eigenvalue weighted by Gasteiger charge is 2.24. The monoisotopic (exact) mass is 592 g/mol. The molecule has 0 aliphatic carbocycles. The molecule has 0 atom stereocenters. The summed E-state index contributed by atoms with van der Waals surface area (Å²) in [6, 6.07) is 17.4. The molecule has 3 aromatic carbocycles. The van der Waals surface area contributed by atoms with Gasteiger partial charge in [0.1, 0.15) is 11.6 Å². The molecule has 0 bridgehead atoms. The molecule has 0 unspecified atom stereocenters. The molecule has 2 aliphatic heterocycles. The van der Waals surface area contributed by atoms with Gasteiger partial charge in [0.25, 0.3) is 10.0 Å². The first-order valence-corrected chi connectivity index (χ1v) is 15.3. The Hall–Kier alpha value is -4.09. The van der Waals surface area contributed by atoms with Crippen LogP contribution in [0.15, 0.2) is 83.4 Å². The maximum Gasteiger partial charge on any atom is 0.284 e. The van der Waals surface area contributed by atoms with Crippen molar-refractivity contribution < 1.29 is 26.7 Å². The van der Waals surface area contributed by atoms with Crippen molar-refractivity contribution in [1.29, 1.82) is 0 Å². The molecule has 4 aromatic rings. The van der Waals surface area contributed by atoms with E-state index < -0.39 is 10.0 Å². The molecule has 0 radical (unpaired) electrons. The number of fused-ring (bicyclic) bond motifs is 1. The van der Waals surface area contributed by atoms with Crippen LogP contribution in [-0.4, -0.2) is 54.1 Å². The van der Waals surface area contributed by atoms with Crippen LogP contribution in [-0.2, 0) is 16.4 Å². The fourth-order valence-electron chi connectivity index (χ4n) is 5.40. The number of aromatic nitrogens is 3. The first kappa shape index (κ1) is 28.0. The number of hydrogen-bond donors (Lipinski definition) is 0. The third-order valence-corrected chi connectivity index (χ3v) is 9.17. The average molecular weight is 593 g/mol. The number of ether oxygens (including phenoxy) is 2. The average Bonchev–Trinajstić information content (AvgIpc) is 3.68. The van der Waals surface area contributed by atoms with Crippen LogP contribution >= 0.6 is 0 Å². The maximum atomic E-state index is 13.6. The zero-order chi connectivity index (χ0) is 29.1. The Bertz CT molecular complexity index is 1650. The first-order chi connectivity index (χ1) is 20.4. The molecule has 42 heavy (non-hydrogen) atoms. The Morgan fingerprint density at radius 1 is 0.833 bits per heavy atom. The third kappa shape index (κ3) is 6.07. The molecular weight excluding hydrogens is 562 g/mol. The fourth-order valence-corrected chi connectivity index (χ4v) is 6.51. The summed E-state index contributed by atoms with van der Waals surface area (Å²) in [7, 11) is -3.89. The standard InChI is InChI=1S/C31H30F2N4O4S/c32-25-8-4-22(5-9-25)31(23-6-10-26(33)11-7-23)24-14-17-36(18-15-24)16-2-1-3-27-20-37(35-34-27)42(38,39)28-12-13-29-30(19-28)41-21-40-29/h4-13,19-20H,1-3,14-18,21H2. The summed E-state index contributed by atoms with van der Waals surface area (Å²) in [5.41, 5.74) is 4.81. The van der Waals surface area contributed by atoms with Gasteiger partial charge in [-0.05, 0) is 91.7 Å². The van der Waals surface area contributed by atoms with E-state index in [0.29, 0.717) is 23.6 Å². The van der Waals surface area contributed by atoms with Gasteiger partial charge in [-0.1, -0.05) is 35.1 Å². The maximum absolute atomic E-state index is 13.6. The van der Waals surface area contributed by atoms with E-state index in [4.69, 9.17) is 9.47 Å². The summed E-state index contributed by atoms with van der Waals surface area (Å²) in [5.74, 6) is 0.325. The zero-order valence-corrected chi connectivity index (χ0v) is 23.7. The van der Waals surface area contributed by atoms with Crippen molar-refractivity contribution >= 4 is 15.6 Å². The predicted octanol–water partition coefficient (Wildman–Crippen LogP) is 5.44. The van der Waals surface area contributed by atoms with E-state index in [0.717, 1.165) is 66.1 Å². The van der Waals surface area contributed by atoms with Gasteiger partial charge in [-0.3, -0.25) is 0 Å². The minimum absolute atomic E-state index is 0.0590. The Kier molecular flexibility index (Phi) is 8.03. The number of hydrogen-bond acceptors (Lipinski definition) is 7. The minimum Gasteiger partial charge on any atom is -0.454 e. The summed E-state index contributed by atoms with van der Waals surface area (Å²) in [6.45, 7) is 2.77. The fraction of sp³-hybridized carbons (Fsp3) is 0.290. The number of halogens is 2. The second-order valence-corrected chi connectivity index (χ2v) is 12.2. The smallest absolute Gasteiger partial charge is 0.284 e. The van der Waals surface area contributed by atoms with Crippen LogP contribution < -0.4 is 9.47 Å². The second kappa shape index (κ2) is 12.0. The number of piperidine rings is 1. The highest BCUT2D eigenvalue weighted by atomic mass is 32.2. The molecule has 1 fully saturated rings. The van der Waals surface area contributed by atoms with Crippen LogP contribution in [0.1, 0.15) is 42.5 Å². The SMILES string of the molecule is O=S(=O)(c1ccc2c(c1)OCO2)n1cc(CCCCN2CCC(=C(c3ccc(F)cc3)c3ccc(F)cc3)CC2)nn1. The number of aryl methyl sites for hydroxylation is 1. The van der Waals surface area contributed by atoms with E-state index in [1.807, 2.05) is 0 Å². The zero-order valence-electron chi connectivity index (χ0n) is 22.9. The molecule has 0 amide bonds. The van der Waals surface area contributed by atoms with Crippen molar-refractivity contribution in [3.8, 4) is 11.5 Å². The topological polar surface area (TPSA) is 86.6 Å². The molecule has 0 N–H and O–H groups in total. The van der Waals surface area contributed by atoms with Crippen molar-refractivity contribution in [2.45, 2.75) is 37.0 Å². The molecule has 3 heterocycles. The molecule has 1 saturated heterocycles. The van der Waals surface area contributed by atoms with Gasteiger partial charge in [-0.2, -0.15) is 8.42 Å². The predicted molar refractivity (Wildman–Crippen MR) is 153 cm³/mol. The molecule has 11 heteroatoms. The highest BCUT2D eigenvalue weighted by Crippen LogP contribution is 2.35. The van der Waals surface area contributed by atoms with Crippen LogP contribution in [0, 0.1) is 11.6 Å². The molecule has 2 aliphatic rings. The van der Waals surface area contributed by atoms with E-state index in [9.17, 15) is 17.2 Å². The van der Waals surface area contributed by atoms with Crippen LogP contribution in [0.25, 0.3) is 5.57 Å². The molecule has 8 nitrogen and oxygen atoms in total. The van der Waals surface area contributed by atoms with E-state index >= 15 is 0 Å². The van der Waals surface area contributed by atoms with E-state index in [-0.39, 0.29) is 23.3 Å². The molecule has 0 saturated carbocycles. The Morgan fingerprint density at radius 2 is 1.48 bits per heavy atom. The number of benzene rings is 3. The lowest BCUT2D eigenvalue weighted by atomic mass is 9.88. The van der Waals surface area contributed by atoms with E-state index in [1.54, 1.807) is 30.3 Å². The van der Waals surface area contributed by atoms with Gasteiger partial charge in [-0.25, -0.2) is 8.78 Å². The molecule has 1 aromatic heterocycles. The van der Waals surface area contributed by atoms with Gasteiger partial charge < -0.3 is 14.4 Å². The second-order valence-electron chi connectivity index (χ2n) is 10.4. The normalized spacial score (nSPS) is 15.2. The summed E-state index contributed by atoms with van der Waals surface area (Å²) < 4.78 is 64.6. The molecule has 6 rings (SSSR count). The van der Waals surface area contributed by atoms with Crippen LogP contribution in [0.2, 0.25) is 0 Å². The van der Waals surface area contributed by atoms with Crippen molar-refractivity contribution in [2.24, 2.45) is 0 Å². The van der Waals surface area contributed by atoms with Crippen LogP contribution in [0.4, 0.5) is 8.78 Å². The Balaban J connectivity index is 1.03. The van der Waals surface area contributed by atoms with Gasteiger partial charge in [0, 0.05) is 19.2 Å². The van der Waals surface area contributed by atoms with Gasteiger partial charge in [0.15, 0.2) is 11.5 Å². The van der Waals surface area contributed by atoms with Crippen molar-refractivity contribution in [3.63, 3.8) is 0 Å². The lowest BCUT2D eigenvalue weighted by Gasteiger charge is -2.30. The summed E-state index contributed by atoms with van der Waals surface area (Å²) in [4.78, 5) is 2.47. The lowest BCUT2D eigenvalue weighted by Crippen LogP contribution is -2.32. The van der Waals surface area contributed by atoms with Crippen LogP contribution in [0.5, 0.6) is 11.5 Å². The largest absolute Gasteiger partial charge is 0.454 e. The van der Waals surface area contributed by atoms with Gasteiger partial charge in [-0.15, -0.1) is 9.19 Å². The number of unbranched alkanes of at least 4 members (excludes halogenated alkanes) is 1. The molecule has 218 valence electrons. The third-order valence-electron chi connectivity index (χ3n) is 7.65. The van der Waals surface area contributed by atoms with Gasteiger partial charge >= 0.3 is 0 Å². The number of likely N-dealkylation sites (tertiary alicyclic amines) is 1. The highest BCUT2D eigenvalue weighted by molar-refractivity contribution is 7.89. The van der Waals surface area contributed by atoms with Crippen molar-refractivity contribution in [3.05, 3.63) is 107 Å². The minimum atomic E-state index is -3.89. The first-order valence-electron chi connectivity index (χ1n) is 13.9. The number of nitrogens with zero attached hydrogens (tertiary/aromatic N) is 4.